The molecule has 5 nitrogen and oxygen atoms in total. The van der Waals surface area contributed by atoms with Gasteiger partial charge in [-0.2, -0.15) is 16.7 Å². The van der Waals surface area contributed by atoms with Gasteiger partial charge < -0.3 is 15.0 Å². The molecule has 1 saturated heterocycles. The summed E-state index contributed by atoms with van der Waals surface area (Å²) in [7, 11) is 0. The fraction of sp³-hybridized carbons (Fsp3) is 0.800. The molecular formula is C10H17N3O2S. The van der Waals surface area contributed by atoms with Crippen molar-refractivity contribution < 1.29 is 9.26 Å². The van der Waals surface area contributed by atoms with E-state index in [1.54, 1.807) is 11.8 Å². The summed E-state index contributed by atoms with van der Waals surface area (Å²) in [6, 6.07) is -0.143. The van der Waals surface area contributed by atoms with E-state index in [0.717, 1.165) is 31.0 Å². The third-order valence-corrected chi connectivity index (χ3v) is 3.35. The normalized spacial score (nSPS) is 22.5. The van der Waals surface area contributed by atoms with Crippen molar-refractivity contribution in [1.82, 2.24) is 10.1 Å². The Balaban J connectivity index is 1.95. The summed E-state index contributed by atoms with van der Waals surface area (Å²) < 4.78 is 10.5. The monoisotopic (exact) mass is 243 g/mol. The lowest BCUT2D eigenvalue weighted by molar-refractivity contribution is 0.192. The Kier molecular flexibility index (Phi) is 4.20. The van der Waals surface area contributed by atoms with Crippen LogP contribution in [0.3, 0.4) is 0 Å². The van der Waals surface area contributed by atoms with Crippen LogP contribution in [-0.4, -0.2) is 35.4 Å². The van der Waals surface area contributed by atoms with Crippen molar-refractivity contribution in [3.8, 4) is 0 Å². The van der Waals surface area contributed by atoms with Crippen LogP contribution in [0, 0.1) is 0 Å². The first-order chi connectivity index (χ1) is 7.81. The van der Waals surface area contributed by atoms with Crippen molar-refractivity contribution in [2.45, 2.75) is 24.8 Å². The average Bonchev–Trinajstić information content (AvgIpc) is 2.94. The minimum atomic E-state index is -0.143. The van der Waals surface area contributed by atoms with Gasteiger partial charge in [0.05, 0.1) is 12.6 Å². The maximum atomic E-state index is 5.95. The fourth-order valence-corrected chi connectivity index (χ4v) is 2.16. The summed E-state index contributed by atoms with van der Waals surface area (Å²) in [5, 5.41) is 3.97. The molecule has 1 unspecified atom stereocenters. The molecule has 90 valence electrons. The Bertz CT molecular complexity index is 326. The van der Waals surface area contributed by atoms with E-state index in [0.29, 0.717) is 12.5 Å². The summed E-state index contributed by atoms with van der Waals surface area (Å²) in [6.45, 7) is 1.48. The first-order valence-electron chi connectivity index (χ1n) is 5.47. The molecule has 2 atom stereocenters. The number of rotatable bonds is 5. The second kappa shape index (κ2) is 5.65. The lowest BCUT2D eigenvalue weighted by Gasteiger charge is -2.04. The molecule has 0 aliphatic carbocycles. The highest BCUT2D eigenvalue weighted by molar-refractivity contribution is 7.98. The van der Waals surface area contributed by atoms with Crippen LogP contribution in [0.2, 0.25) is 0 Å². The second-order valence-electron chi connectivity index (χ2n) is 3.94. The number of thioether (sulfide) groups is 1. The largest absolute Gasteiger partial charge is 0.381 e. The molecule has 1 aromatic heterocycles. The molecule has 0 saturated carbocycles. The number of nitrogens with zero attached hydrogens (tertiary/aromatic N) is 2. The molecule has 0 amide bonds. The first kappa shape index (κ1) is 11.9. The summed E-state index contributed by atoms with van der Waals surface area (Å²) in [5.41, 5.74) is 5.95. The number of nitrogens with two attached hydrogens (primary N) is 1. The number of hydrogen-bond donors (Lipinski definition) is 1. The third-order valence-electron chi connectivity index (χ3n) is 2.70. The number of hydrogen-bond acceptors (Lipinski definition) is 6. The molecule has 6 heteroatoms. The zero-order valence-electron chi connectivity index (χ0n) is 9.39. The number of aromatic nitrogens is 2. The molecule has 0 spiro atoms. The van der Waals surface area contributed by atoms with Crippen LogP contribution in [0.25, 0.3) is 0 Å². The standard InChI is InChI=1S/C10H17N3O2S/c1-16-5-3-8(11)10-12-9(13-15-10)7-2-4-14-6-7/h7-8H,2-6,11H2,1H3/t7?,8-/m0/s1. The van der Waals surface area contributed by atoms with Crippen LogP contribution >= 0.6 is 11.8 Å². The smallest absolute Gasteiger partial charge is 0.243 e. The van der Waals surface area contributed by atoms with Gasteiger partial charge in [-0.05, 0) is 24.9 Å². The van der Waals surface area contributed by atoms with Gasteiger partial charge in [0.15, 0.2) is 5.82 Å². The molecule has 1 fully saturated rings. The molecule has 16 heavy (non-hydrogen) atoms. The maximum absolute atomic E-state index is 5.95. The van der Waals surface area contributed by atoms with Gasteiger partial charge in [0, 0.05) is 12.5 Å². The summed E-state index contributed by atoms with van der Waals surface area (Å²) in [4.78, 5) is 4.35. The summed E-state index contributed by atoms with van der Waals surface area (Å²) in [6.07, 6.45) is 3.89. The fourth-order valence-electron chi connectivity index (χ4n) is 1.67. The van der Waals surface area contributed by atoms with Crippen LogP contribution in [0.15, 0.2) is 4.52 Å². The van der Waals surface area contributed by atoms with Gasteiger partial charge in [0.25, 0.3) is 0 Å². The van der Waals surface area contributed by atoms with Crippen molar-refractivity contribution in [2.24, 2.45) is 5.73 Å². The van der Waals surface area contributed by atoms with Crippen LogP contribution < -0.4 is 5.73 Å². The minimum Gasteiger partial charge on any atom is -0.381 e. The SMILES string of the molecule is CSCC[C@H](N)c1nc(C2CCOC2)no1. The van der Waals surface area contributed by atoms with Crippen molar-refractivity contribution >= 4 is 11.8 Å². The number of ether oxygens (including phenoxy) is 1. The van der Waals surface area contributed by atoms with Crippen LogP contribution in [-0.2, 0) is 4.74 Å². The molecule has 1 aliphatic heterocycles. The van der Waals surface area contributed by atoms with Gasteiger partial charge in [-0.1, -0.05) is 5.16 Å². The highest BCUT2D eigenvalue weighted by Crippen LogP contribution is 2.24. The quantitative estimate of drug-likeness (QED) is 0.841. The van der Waals surface area contributed by atoms with E-state index in [4.69, 9.17) is 15.0 Å². The van der Waals surface area contributed by atoms with E-state index in [-0.39, 0.29) is 12.0 Å². The Morgan fingerprint density at radius 2 is 2.50 bits per heavy atom. The van der Waals surface area contributed by atoms with E-state index in [2.05, 4.69) is 16.4 Å². The lowest BCUT2D eigenvalue weighted by atomic mass is 10.1. The maximum Gasteiger partial charge on any atom is 0.243 e. The van der Waals surface area contributed by atoms with Crippen LogP contribution in [0.5, 0.6) is 0 Å². The Morgan fingerprint density at radius 1 is 1.62 bits per heavy atom. The molecular weight excluding hydrogens is 226 g/mol. The van der Waals surface area contributed by atoms with Crippen LogP contribution in [0.4, 0.5) is 0 Å². The molecule has 1 aromatic rings. The highest BCUT2D eigenvalue weighted by atomic mass is 32.2. The molecule has 2 N–H and O–H groups in total. The molecule has 0 aromatic carbocycles. The van der Waals surface area contributed by atoms with Gasteiger partial charge in [-0.15, -0.1) is 0 Å². The third kappa shape index (κ3) is 2.75. The second-order valence-corrected chi connectivity index (χ2v) is 4.92. The lowest BCUT2D eigenvalue weighted by Crippen LogP contribution is -2.12. The Hall–Kier alpha value is -0.590. The summed E-state index contributed by atoms with van der Waals surface area (Å²) in [5.74, 6) is 2.58. The van der Waals surface area contributed by atoms with Crippen molar-refractivity contribution in [3.63, 3.8) is 0 Å². The highest BCUT2D eigenvalue weighted by Gasteiger charge is 2.24. The topological polar surface area (TPSA) is 74.2 Å². The van der Waals surface area contributed by atoms with Gasteiger partial charge >= 0.3 is 0 Å². The Morgan fingerprint density at radius 3 is 3.19 bits per heavy atom. The van der Waals surface area contributed by atoms with E-state index in [1.165, 1.54) is 0 Å². The molecule has 2 heterocycles. The van der Waals surface area contributed by atoms with E-state index >= 15 is 0 Å². The van der Waals surface area contributed by atoms with Crippen molar-refractivity contribution in [1.29, 1.82) is 0 Å². The molecule has 0 radical (unpaired) electrons. The van der Waals surface area contributed by atoms with Crippen molar-refractivity contribution in [2.75, 3.05) is 25.2 Å². The first-order valence-corrected chi connectivity index (χ1v) is 6.86. The van der Waals surface area contributed by atoms with Crippen LogP contribution in [0.1, 0.15) is 36.5 Å². The zero-order chi connectivity index (χ0) is 11.4. The molecule has 2 rings (SSSR count). The minimum absolute atomic E-state index is 0.143. The van der Waals surface area contributed by atoms with E-state index in [9.17, 15) is 0 Å². The van der Waals surface area contributed by atoms with Gasteiger partial charge in [0.2, 0.25) is 5.89 Å². The summed E-state index contributed by atoms with van der Waals surface area (Å²) >= 11 is 1.77. The van der Waals surface area contributed by atoms with Gasteiger partial charge in [-0.3, -0.25) is 0 Å². The average molecular weight is 243 g/mol. The van der Waals surface area contributed by atoms with E-state index in [1.807, 2.05) is 0 Å². The predicted molar refractivity (Wildman–Crippen MR) is 62.4 cm³/mol. The van der Waals surface area contributed by atoms with E-state index < -0.39 is 0 Å². The zero-order valence-corrected chi connectivity index (χ0v) is 10.2. The van der Waals surface area contributed by atoms with Gasteiger partial charge in [0.1, 0.15) is 0 Å². The van der Waals surface area contributed by atoms with Gasteiger partial charge in [-0.25, -0.2) is 0 Å². The molecule has 0 bridgehead atoms. The van der Waals surface area contributed by atoms with Crippen molar-refractivity contribution in [3.05, 3.63) is 11.7 Å². The Labute approximate surface area is 99.1 Å². The molecule has 1 aliphatic rings. The predicted octanol–water partition coefficient (Wildman–Crippen LogP) is 1.33.